The Morgan fingerprint density at radius 1 is 1.05 bits per heavy atom. The number of carboxylic acids is 1. The van der Waals surface area contributed by atoms with E-state index in [-0.39, 0.29) is 16.2 Å². The maximum Gasteiger partial charge on any atom is 0.335 e. The summed E-state index contributed by atoms with van der Waals surface area (Å²) in [4.78, 5) is 10.9. The fraction of sp³-hybridized carbons (Fsp3) is 0.0714. The SMILES string of the molecule is O=C(O)c1ccc(CS(=O)c2ccc(F)c(F)c2)cc1. The van der Waals surface area contributed by atoms with Gasteiger partial charge in [-0.15, -0.1) is 0 Å². The normalized spacial score (nSPS) is 12.1. The fourth-order valence-electron chi connectivity index (χ4n) is 1.60. The van der Waals surface area contributed by atoms with Gasteiger partial charge in [0.2, 0.25) is 0 Å². The molecule has 0 aromatic heterocycles. The van der Waals surface area contributed by atoms with Gasteiger partial charge in [-0.2, -0.15) is 0 Å². The average molecular weight is 296 g/mol. The van der Waals surface area contributed by atoms with Crippen LogP contribution in [-0.2, 0) is 16.6 Å². The van der Waals surface area contributed by atoms with Crippen molar-refractivity contribution >= 4 is 16.8 Å². The lowest BCUT2D eigenvalue weighted by Crippen LogP contribution is -2.00. The van der Waals surface area contributed by atoms with Crippen LogP contribution in [0.5, 0.6) is 0 Å². The lowest BCUT2D eigenvalue weighted by molar-refractivity contribution is 0.0697. The number of rotatable bonds is 4. The van der Waals surface area contributed by atoms with Crippen molar-refractivity contribution in [3.8, 4) is 0 Å². The monoisotopic (exact) mass is 296 g/mol. The van der Waals surface area contributed by atoms with Gasteiger partial charge in [0.05, 0.1) is 22.1 Å². The second-order valence-corrected chi connectivity index (χ2v) is 5.52. The van der Waals surface area contributed by atoms with Gasteiger partial charge in [-0.25, -0.2) is 13.6 Å². The van der Waals surface area contributed by atoms with E-state index in [1.807, 2.05) is 0 Å². The van der Waals surface area contributed by atoms with Crippen LogP contribution in [0.25, 0.3) is 0 Å². The van der Waals surface area contributed by atoms with Gasteiger partial charge >= 0.3 is 5.97 Å². The first-order valence-corrected chi connectivity index (χ1v) is 6.95. The molecule has 0 radical (unpaired) electrons. The van der Waals surface area contributed by atoms with Gasteiger partial charge in [0.1, 0.15) is 0 Å². The second-order valence-electron chi connectivity index (χ2n) is 4.07. The van der Waals surface area contributed by atoms with E-state index in [0.717, 1.165) is 12.1 Å². The van der Waals surface area contributed by atoms with E-state index in [9.17, 15) is 17.8 Å². The molecule has 6 heteroatoms. The van der Waals surface area contributed by atoms with Gasteiger partial charge in [-0.05, 0) is 35.9 Å². The number of hydrogen-bond donors (Lipinski definition) is 1. The minimum atomic E-state index is -1.52. The predicted molar refractivity (Wildman–Crippen MR) is 69.9 cm³/mol. The van der Waals surface area contributed by atoms with Crippen LogP contribution in [0, 0.1) is 11.6 Å². The molecular formula is C14H10F2O3S. The Labute approximate surface area is 116 Å². The van der Waals surface area contributed by atoms with E-state index in [0.29, 0.717) is 5.56 Å². The summed E-state index contributed by atoms with van der Waals surface area (Å²) in [6, 6.07) is 8.98. The molecule has 3 nitrogen and oxygen atoms in total. The minimum absolute atomic E-state index is 0.102. The highest BCUT2D eigenvalue weighted by molar-refractivity contribution is 7.84. The highest BCUT2D eigenvalue weighted by atomic mass is 32.2. The Bertz CT molecular complexity index is 669. The summed E-state index contributed by atoms with van der Waals surface area (Å²) < 4.78 is 37.8. The largest absolute Gasteiger partial charge is 0.478 e. The van der Waals surface area contributed by atoms with Crippen LogP contribution in [0.15, 0.2) is 47.4 Å². The molecule has 0 saturated carbocycles. The molecular weight excluding hydrogens is 286 g/mol. The topological polar surface area (TPSA) is 54.4 Å². The fourth-order valence-corrected chi connectivity index (χ4v) is 2.71. The van der Waals surface area contributed by atoms with Gasteiger partial charge in [0.25, 0.3) is 0 Å². The molecule has 1 unspecified atom stereocenters. The molecule has 1 N–H and O–H groups in total. The van der Waals surface area contributed by atoms with Crippen molar-refractivity contribution in [1.29, 1.82) is 0 Å². The molecule has 2 rings (SSSR count). The van der Waals surface area contributed by atoms with E-state index in [2.05, 4.69) is 0 Å². The summed E-state index contributed by atoms with van der Waals surface area (Å²) in [5.41, 5.74) is 0.783. The smallest absolute Gasteiger partial charge is 0.335 e. The molecule has 0 heterocycles. The number of carboxylic acid groups (broad SMARTS) is 1. The Morgan fingerprint density at radius 3 is 2.25 bits per heavy atom. The van der Waals surface area contributed by atoms with Crippen LogP contribution in [0.2, 0.25) is 0 Å². The van der Waals surface area contributed by atoms with E-state index in [1.54, 1.807) is 12.1 Å². The summed E-state index contributed by atoms with van der Waals surface area (Å²) in [5.74, 6) is -2.97. The van der Waals surface area contributed by atoms with Gasteiger partial charge < -0.3 is 5.11 Å². The number of hydrogen-bond acceptors (Lipinski definition) is 2. The molecule has 2 aromatic carbocycles. The van der Waals surface area contributed by atoms with Crippen molar-refractivity contribution in [2.75, 3.05) is 0 Å². The summed E-state index contributed by atoms with van der Waals surface area (Å²) in [7, 11) is -1.52. The van der Waals surface area contributed by atoms with Crippen molar-refractivity contribution in [2.24, 2.45) is 0 Å². The van der Waals surface area contributed by atoms with Crippen LogP contribution in [-0.4, -0.2) is 15.3 Å². The third kappa shape index (κ3) is 3.27. The van der Waals surface area contributed by atoms with Crippen molar-refractivity contribution in [1.82, 2.24) is 0 Å². The Hall–Kier alpha value is -2.08. The molecule has 0 bridgehead atoms. The molecule has 0 amide bonds. The van der Waals surface area contributed by atoms with Gasteiger partial charge in [0, 0.05) is 4.90 Å². The molecule has 0 aliphatic heterocycles. The lowest BCUT2D eigenvalue weighted by atomic mass is 10.1. The Balaban J connectivity index is 2.14. The van der Waals surface area contributed by atoms with Crippen LogP contribution in [0.1, 0.15) is 15.9 Å². The first kappa shape index (κ1) is 14.3. The predicted octanol–water partition coefficient (Wildman–Crippen LogP) is 2.97. The molecule has 2 aromatic rings. The summed E-state index contributed by atoms with van der Waals surface area (Å²) in [5, 5.41) is 8.75. The van der Waals surface area contributed by atoms with E-state index < -0.39 is 28.4 Å². The van der Waals surface area contributed by atoms with Crippen LogP contribution in [0.3, 0.4) is 0 Å². The third-order valence-corrected chi connectivity index (χ3v) is 4.03. The zero-order valence-corrected chi connectivity index (χ0v) is 11.0. The van der Waals surface area contributed by atoms with Crippen LogP contribution >= 0.6 is 0 Å². The Kier molecular flexibility index (Phi) is 4.24. The molecule has 20 heavy (non-hydrogen) atoms. The van der Waals surface area contributed by atoms with Gasteiger partial charge in [-0.1, -0.05) is 12.1 Å². The quantitative estimate of drug-likeness (QED) is 0.943. The minimum Gasteiger partial charge on any atom is -0.478 e. The van der Waals surface area contributed by atoms with Crippen LogP contribution in [0.4, 0.5) is 8.78 Å². The highest BCUT2D eigenvalue weighted by Gasteiger charge is 2.10. The molecule has 104 valence electrons. The molecule has 1 atom stereocenters. The highest BCUT2D eigenvalue weighted by Crippen LogP contribution is 2.16. The third-order valence-electron chi connectivity index (χ3n) is 2.65. The summed E-state index contributed by atoms with van der Waals surface area (Å²) >= 11 is 0. The molecule has 0 aliphatic carbocycles. The second kappa shape index (κ2) is 5.92. The Morgan fingerprint density at radius 2 is 1.70 bits per heavy atom. The number of aromatic carboxylic acids is 1. The van der Waals surface area contributed by atoms with Gasteiger partial charge in [-0.3, -0.25) is 4.21 Å². The van der Waals surface area contributed by atoms with E-state index >= 15 is 0 Å². The van der Waals surface area contributed by atoms with Crippen molar-refractivity contribution < 1.29 is 22.9 Å². The van der Waals surface area contributed by atoms with Crippen molar-refractivity contribution in [2.45, 2.75) is 10.6 Å². The zero-order chi connectivity index (χ0) is 14.7. The first-order chi connectivity index (χ1) is 9.47. The molecule has 0 fully saturated rings. The number of halogens is 2. The zero-order valence-electron chi connectivity index (χ0n) is 10.2. The van der Waals surface area contributed by atoms with E-state index in [1.165, 1.54) is 18.2 Å². The molecule has 0 aliphatic rings. The number of carbonyl (C=O) groups is 1. The molecule has 0 saturated heterocycles. The van der Waals surface area contributed by atoms with Crippen molar-refractivity contribution in [3.63, 3.8) is 0 Å². The molecule has 0 spiro atoms. The van der Waals surface area contributed by atoms with Gasteiger partial charge in [0.15, 0.2) is 11.6 Å². The summed E-state index contributed by atoms with van der Waals surface area (Å²) in [6.45, 7) is 0. The number of benzene rings is 2. The lowest BCUT2D eigenvalue weighted by Gasteiger charge is -2.04. The summed E-state index contributed by atoms with van der Waals surface area (Å²) in [6.07, 6.45) is 0. The van der Waals surface area contributed by atoms with Crippen LogP contribution < -0.4 is 0 Å². The average Bonchev–Trinajstić information content (AvgIpc) is 2.42. The standard InChI is InChI=1S/C14H10F2O3S/c15-12-6-5-11(7-13(12)16)20(19)8-9-1-3-10(4-2-9)14(17)18/h1-7H,8H2,(H,17,18). The first-order valence-electron chi connectivity index (χ1n) is 5.63. The maximum atomic E-state index is 13.0. The van der Waals surface area contributed by atoms with Crippen molar-refractivity contribution in [3.05, 3.63) is 65.2 Å². The van der Waals surface area contributed by atoms with E-state index in [4.69, 9.17) is 5.11 Å². The maximum absolute atomic E-state index is 13.0.